The van der Waals surface area contributed by atoms with Gasteiger partial charge in [-0.25, -0.2) is 17.6 Å². The summed E-state index contributed by atoms with van der Waals surface area (Å²) in [6, 6.07) is 4.66. The van der Waals surface area contributed by atoms with Crippen molar-refractivity contribution < 1.29 is 27.5 Å². The highest BCUT2D eigenvalue weighted by molar-refractivity contribution is 7.89. The van der Waals surface area contributed by atoms with E-state index in [-0.39, 0.29) is 30.1 Å². The van der Waals surface area contributed by atoms with Gasteiger partial charge in [-0.1, -0.05) is 5.16 Å². The van der Waals surface area contributed by atoms with E-state index in [0.29, 0.717) is 12.8 Å². The zero-order valence-corrected chi connectivity index (χ0v) is 12.9. The highest BCUT2D eigenvalue weighted by atomic mass is 32.2. The van der Waals surface area contributed by atoms with Crippen molar-refractivity contribution in [3.8, 4) is 0 Å². The molecular weight excluding hydrogens is 327 g/mol. The van der Waals surface area contributed by atoms with Gasteiger partial charge in [-0.2, -0.15) is 4.31 Å². The lowest BCUT2D eigenvalue weighted by Crippen LogP contribution is -2.47. The van der Waals surface area contributed by atoms with Crippen LogP contribution in [0.3, 0.4) is 0 Å². The number of halogens is 1. The second kappa shape index (κ2) is 5.57. The highest BCUT2D eigenvalue weighted by Crippen LogP contribution is 2.36. The normalized spacial score (nSPS) is 21.0. The summed E-state index contributed by atoms with van der Waals surface area (Å²) < 4.78 is 39.3. The molecule has 1 saturated heterocycles. The largest absolute Gasteiger partial charge is 0.477 e. The van der Waals surface area contributed by atoms with Gasteiger partial charge in [-0.3, -0.25) is 0 Å². The van der Waals surface area contributed by atoms with Crippen LogP contribution in [0.5, 0.6) is 0 Å². The van der Waals surface area contributed by atoms with Gasteiger partial charge in [0, 0.05) is 32.4 Å². The Labute approximate surface area is 132 Å². The van der Waals surface area contributed by atoms with Crippen LogP contribution < -0.4 is 0 Å². The fourth-order valence-corrected chi connectivity index (χ4v) is 4.24. The van der Waals surface area contributed by atoms with Crippen LogP contribution in [0.25, 0.3) is 0 Å². The van der Waals surface area contributed by atoms with Crippen molar-refractivity contribution in [2.24, 2.45) is 5.16 Å². The van der Waals surface area contributed by atoms with Crippen molar-refractivity contribution >= 4 is 21.7 Å². The Hall–Kier alpha value is -2.00. The Balaban J connectivity index is 1.70. The number of sulfonamides is 1. The van der Waals surface area contributed by atoms with Crippen molar-refractivity contribution in [1.29, 1.82) is 0 Å². The molecule has 0 radical (unpaired) electrons. The minimum absolute atomic E-state index is 0.0321. The van der Waals surface area contributed by atoms with Crippen molar-refractivity contribution in [2.75, 3.05) is 13.1 Å². The van der Waals surface area contributed by atoms with Crippen LogP contribution in [0.1, 0.15) is 19.3 Å². The predicted molar refractivity (Wildman–Crippen MR) is 77.9 cm³/mol. The molecule has 0 saturated carbocycles. The molecule has 2 aliphatic rings. The molecule has 0 amide bonds. The maximum absolute atomic E-state index is 12.9. The minimum Gasteiger partial charge on any atom is -0.477 e. The molecule has 1 N–H and O–H groups in total. The summed E-state index contributed by atoms with van der Waals surface area (Å²) in [5.74, 6) is -1.62. The Morgan fingerprint density at radius 3 is 2.39 bits per heavy atom. The number of carboxylic acids is 1. The number of hydrogen-bond donors (Lipinski definition) is 1. The minimum atomic E-state index is -3.70. The van der Waals surface area contributed by atoms with Gasteiger partial charge >= 0.3 is 5.97 Å². The van der Waals surface area contributed by atoms with E-state index in [0.717, 1.165) is 12.1 Å². The van der Waals surface area contributed by atoms with E-state index in [4.69, 9.17) is 9.94 Å². The van der Waals surface area contributed by atoms with Crippen molar-refractivity contribution in [2.45, 2.75) is 29.8 Å². The van der Waals surface area contributed by atoms with Gasteiger partial charge in [0.05, 0.1) is 4.90 Å². The van der Waals surface area contributed by atoms with Crippen LogP contribution in [-0.4, -0.2) is 48.2 Å². The van der Waals surface area contributed by atoms with Crippen LogP contribution in [0.2, 0.25) is 0 Å². The standard InChI is InChI=1S/C14H15FN2O5S/c15-10-1-3-11(4-2-10)23(20,21)17-7-5-14(6-8-17)9-12(13(18)19)16-22-14/h1-4H,5-9H2,(H,18,19). The first kappa shape index (κ1) is 15.9. The predicted octanol–water partition coefficient (Wildman–Crippen LogP) is 1.21. The summed E-state index contributed by atoms with van der Waals surface area (Å²) in [7, 11) is -3.70. The number of nitrogens with zero attached hydrogens (tertiary/aromatic N) is 2. The van der Waals surface area contributed by atoms with E-state index in [1.54, 1.807) is 0 Å². The molecule has 1 aromatic carbocycles. The first-order valence-corrected chi connectivity index (χ1v) is 8.51. The third-order valence-corrected chi connectivity index (χ3v) is 6.08. The molecule has 0 atom stereocenters. The summed E-state index contributed by atoms with van der Waals surface area (Å²) in [6.45, 7) is 0.393. The van der Waals surface area contributed by atoms with Gasteiger partial charge in [0.15, 0.2) is 5.71 Å². The fourth-order valence-electron chi connectivity index (χ4n) is 2.79. The summed E-state index contributed by atoms with van der Waals surface area (Å²) >= 11 is 0. The lowest BCUT2D eigenvalue weighted by molar-refractivity contribution is -0.129. The summed E-state index contributed by atoms with van der Waals surface area (Å²) in [5, 5.41) is 12.5. The van der Waals surface area contributed by atoms with E-state index < -0.39 is 27.4 Å². The van der Waals surface area contributed by atoms with E-state index in [1.807, 2.05) is 0 Å². The van der Waals surface area contributed by atoms with E-state index in [1.165, 1.54) is 16.4 Å². The van der Waals surface area contributed by atoms with Crippen molar-refractivity contribution in [3.05, 3.63) is 30.1 Å². The maximum atomic E-state index is 12.9. The molecule has 1 fully saturated rings. The zero-order valence-electron chi connectivity index (χ0n) is 12.1. The average molecular weight is 342 g/mol. The van der Waals surface area contributed by atoms with Crippen molar-refractivity contribution in [3.63, 3.8) is 0 Å². The molecule has 124 valence electrons. The van der Waals surface area contributed by atoms with Crippen LogP contribution in [0, 0.1) is 5.82 Å². The lowest BCUT2D eigenvalue weighted by Gasteiger charge is -2.36. The van der Waals surface area contributed by atoms with Gasteiger partial charge in [-0.15, -0.1) is 0 Å². The Morgan fingerprint density at radius 1 is 1.26 bits per heavy atom. The Morgan fingerprint density at radius 2 is 1.87 bits per heavy atom. The first-order chi connectivity index (χ1) is 10.8. The SMILES string of the molecule is O=C(O)C1=NOC2(CCN(S(=O)(=O)c3ccc(F)cc3)CC2)C1. The van der Waals surface area contributed by atoms with E-state index in [9.17, 15) is 17.6 Å². The highest BCUT2D eigenvalue weighted by Gasteiger charge is 2.45. The molecule has 23 heavy (non-hydrogen) atoms. The molecule has 0 bridgehead atoms. The van der Waals surface area contributed by atoms with Gasteiger partial charge in [0.2, 0.25) is 10.0 Å². The summed E-state index contributed by atoms with van der Waals surface area (Å²) in [6.07, 6.45) is 0.883. The van der Waals surface area contributed by atoms with Gasteiger partial charge in [0.1, 0.15) is 11.4 Å². The number of oxime groups is 1. The molecule has 9 heteroatoms. The molecular formula is C14H15FN2O5S. The first-order valence-electron chi connectivity index (χ1n) is 7.07. The fraction of sp³-hybridized carbons (Fsp3) is 0.429. The Bertz CT molecular complexity index is 752. The summed E-state index contributed by atoms with van der Waals surface area (Å²) in [5.41, 5.74) is -0.775. The van der Waals surface area contributed by atoms with Crippen molar-refractivity contribution in [1.82, 2.24) is 4.31 Å². The van der Waals surface area contributed by atoms with Gasteiger partial charge in [0.25, 0.3) is 0 Å². The lowest BCUT2D eigenvalue weighted by atomic mass is 9.88. The number of benzene rings is 1. The zero-order chi connectivity index (χ0) is 16.7. The molecule has 0 unspecified atom stereocenters. The maximum Gasteiger partial charge on any atom is 0.353 e. The third-order valence-electron chi connectivity index (χ3n) is 4.17. The van der Waals surface area contributed by atoms with Crippen LogP contribution in [0.4, 0.5) is 4.39 Å². The number of rotatable bonds is 3. The van der Waals surface area contributed by atoms with E-state index in [2.05, 4.69) is 5.16 Å². The quantitative estimate of drug-likeness (QED) is 0.891. The molecule has 3 rings (SSSR count). The molecule has 7 nitrogen and oxygen atoms in total. The average Bonchev–Trinajstić information content (AvgIpc) is 2.92. The second-order valence-corrected chi connectivity index (χ2v) is 7.59. The second-order valence-electron chi connectivity index (χ2n) is 5.65. The smallest absolute Gasteiger partial charge is 0.353 e. The van der Waals surface area contributed by atoms with Crippen LogP contribution in [0.15, 0.2) is 34.3 Å². The topological polar surface area (TPSA) is 96.3 Å². The number of carbonyl (C=O) groups is 1. The van der Waals surface area contributed by atoms with Gasteiger partial charge < -0.3 is 9.94 Å². The molecule has 0 aliphatic carbocycles. The van der Waals surface area contributed by atoms with Crippen LogP contribution >= 0.6 is 0 Å². The summed E-state index contributed by atoms with van der Waals surface area (Å²) in [4.78, 5) is 16.2. The number of hydrogen-bond acceptors (Lipinski definition) is 5. The number of piperidine rings is 1. The Kier molecular flexibility index (Phi) is 3.85. The number of carboxylic acid groups (broad SMARTS) is 1. The third kappa shape index (κ3) is 2.93. The monoisotopic (exact) mass is 342 g/mol. The number of aliphatic carboxylic acids is 1. The molecule has 0 aromatic heterocycles. The molecule has 2 aliphatic heterocycles. The van der Waals surface area contributed by atoms with Crippen LogP contribution in [-0.2, 0) is 19.7 Å². The molecule has 2 heterocycles. The van der Waals surface area contributed by atoms with E-state index >= 15 is 0 Å². The van der Waals surface area contributed by atoms with Gasteiger partial charge in [-0.05, 0) is 24.3 Å². The molecule has 1 spiro atoms. The molecule has 1 aromatic rings.